The Labute approximate surface area is 87.9 Å². The van der Waals surface area contributed by atoms with Gasteiger partial charge in [-0.05, 0) is 13.8 Å². The Balaban J connectivity index is 2.99. The van der Waals surface area contributed by atoms with E-state index in [4.69, 9.17) is 11.5 Å². The number of carboxylic acids is 1. The fourth-order valence-corrected chi connectivity index (χ4v) is 1.46. The van der Waals surface area contributed by atoms with Crippen LogP contribution in [-0.2, 0) is 4.79 Å². The molecule has 0 aliphatic heterocycles. The number of nitrogens with one attached hydrogen (secondary N) is 2. The largest absolute Gasteiger partial charge is 0.480 e. The third kappa shape index (κ3) is 2.36. The third-order valence-electron chi connectivity index (χ3n) is 2.13. The maximum atomic E-state index is 11.0. The van der Waals surface area contributed by atoms with E-state index in [2.05, 4.69) is 21.4 Å². The van der Waals surface area contributed by atoms with E-state index in [0.29, 0.717) is 11.3 Å². The van der Waals surface area contributed by atoms with Crippen molar-refractivity contribution >= 4 is 5.97 Å². The van der Waals surface area contributed by atoms with E-state index in [9.17, 15) is 4.79 Å². The van der Waals surface area contributed by atoms with Gasteiger partial charge in [-0.25, -0.2) is 0 Å². The number of aromatic amines is 1. The number of carboxylic acid groups (broad SMARTS) is 1. The van der Waals surface area contributed by atoms with Crippen molar-refractivity contribution in [3.05, 3.63) is 17.0 Å². The standard InChI is InChI=1S/C10H13N3O2/c1-4-5-11-9(10(14)15)8-6(2)12-13-7(8)3/h1,9,11H,5H2,2-3H3,(H,12,13)(H,14,15). The molecule has 0 aliphatic carbocycles. The Hall–Kier alpha value is -1.80. The lowest BCUT2D eigenvalue weighted by molar-refractivity contribution is -0.139. The molecular weight excluding hydrogens is 194 g/mol. The number of aryl methyl sites for hydroxylation is 2. The second-order valence-electron chi connectivity index (χ2n) is 3.20. The van der Waals surface area contributed by atoms with Crippen LogP contribution in [0.4, 0.5) is 0 Å². The van der Waals surface area contributed by atoms with Crippen LogP contribution in [0.1, 0.15) is 23.0 Å². The topological polar surface area (TPSA) is 78.0 Å². The Bertz CT molecular complexity index is 384. The highest BCUT2D eigenvalue weighted by Gasteiger charge is 2.24. The van der Waals surface area contributed by atoms with Crippen molar-refractivity contribution < 1.29 is 9.90 Å². The van der Waals surface area contributed by atoms with E-state index in [1.54, 1.807) is 13.8 Å². The van der Waals surface area contributed by atoms with Crippen molar-refractivity contribution in [2.24, 2.45) is 0 Å². The number of terminal acetylenes is 1. The summed E-state index contributed by atoms with van der Waals surface area (Å²) in [6.07, 6.45) is 5.08. The quantitative estimate of drug-likeness (QED) is 0.623. The number of aliphatic carboxylic acids is 1. The van der Waals surface area contributed by atoms with Gasteiger partial charge in [0.25, 0.3) is 0 Å². The molecule has 5 nitrogen and oxygen atoms in total. The highest BCUT2D eigenvalue weighted by molar-refractivity contribution is 5.76. The van der Waals surface area contributed by atoms with Crippen LogP contribution in [0.15, 0.2) is 0 Å². The predicted octanol–water partition coefficient (Wildman–Crippen LogP) is 0.375. The molecular formula is C10H13N3O2. The van der Waals surface area contributed by atoms with Crippen molar-refractivity contribution in [1.29, 1.82) is 0 Å². The molecule has 1 aromatic heterocycles. The summed E-state index contributed by atoms with van der Waals surface area (Å²) < 4.78 is 0. The number of hydrogen-bond donors (Lipinski definition) is 3. The summed E-state index contributed by atoms with van der Waals surface area (Å²) in [5.41, 5.74) is 2.06. The van der Waals surface area contributed by atoms with Crippen molar-refractivity contribution in [2.45, 2.75) is 19.9 Å². The van der Waals surface area contributed by atoms with Crippen LogP contribution >= 0.6 is 0 Å². The number of H-pyrrole nitrogens is 1. The van der Waals surface area contributed by atoms with E-state index in [1.165, 1.54) is 0 Å². The Kier molecular flexibility index (Phi) is 3.47. The highest BCUT2D eigenvalue weighted by atomic mass is 16.4. The number of aromatic nitrogens is 2. The van der Waals surface area contributed by atoms with E-state index >= 15 is 0 Å². The van der Waals surface area contributed by atoms with Crippen molar-refractivity contribution in [2.75, 3.05) is 6.54 Å². The van der Waals surface area contributed by atoms with E-state index < -0.39 is 12.0 Å². The van der Waals surface area contributed by atoms with Crippen LogP contribution < -0.4 is 5.32 Å². The van der Waals surface area contributed by atoms with Gasteiger partial charge in [0.2, 0.25) is 0 Å². The lowest BCUT2D eigenvalue weighted by atomic mass is 10.1. The van der Waals surface area contributed by atoms with E-state index in [1.807, 2.05) is 0 Å². The number of carbonyl (C=O) groups is 1. The Morgan fingerprint density at radius 3 is 2.80 bits per heavy atom. The first-order valence-electron chi connectivity index (χ1n) is 4.49. The molecule has 5 heteroatoms. The summed E-state index contributed by atoms with van der Waals surface area (Å²) in [6, 6.07) is -0.806. The molecule has 0 aliphatic rings. The lowest BCUT2D eigenvalue weighted by Crippen LogP contribution is -2.29. The fourth-order valence-electron chi connectivity index (χ4n) is 1.46. The van der Waals surface area contributed by atoms with Crippen LogP contribution in [0.25, 0.3) is 0 Å². The van der Waals surface area contributed by atoms with E-state index in [-0.39, 0.29) is 6.54 Å². The normalized spacial score (nSPS) is 12.1. The molecule has 0 bridgehead atoms. The summed E-state index contributed by atoms with van der Waals surface area (Å²) in [5, 5.41) is 18.5. The first-order valence-corrected chi connectivity index (χ1v) is 4.49. The van der Waals surface area contributed by atoms with Gasteiger partial charge >= 0.3 is 5.97 Å². The van der Waals surface area contributed by atoms with Crippen LogP contribution in [0, 0.1) is 26.2 Å². The number of hydrogen-bond acceptors (Lipinski definition) is 3. The molecule has 3 N–H and O–H groups in total. The first-order chi connectivity index (χ1) is 7.07. The molecule has 80 valence electrons. The molecule has 0 aromatic carbocycles. The number of nitrogens with zero attached hydrogens (tertiary/aromatic N) is 1. The van der Waals surface area contributed by atoms with Gasteiger partial charge in [-0.2, -0.15) is 5.10 Å². The van der Waals surface area contributed by atoms with Crippen LogP contribution in [-0.4, -0.2) is 27.8 Å². The average Bonchev–Trinajstić information content (AvgIpc) is 2.49. The minimum atomic E-state index is -0.960. The van der Waals surface area contributed by atoms with Gasteiger partial charge in [0.15, 0.2) is 0 Å². The minimum absolute atomic E-state index is 0.209. The summed E-state index contributed by atoms with van der Waals surface area (Å²) in [5.74, 6) is 1.39. The monoisotopic (exact) mass is 207 g/mol. The number of rotatable bonds is 4. The predicted molar refractivity (Wildman–Crippen MR) is 55.3 cm³/mol. The second kappa shape index (κ2) is 4.62. The fraction of sp³-hybridized carbons (Fsp3) is 0.400. The molecule has 0 fully saturated rings. The molecule has 1 atom stereocenters. The maximum Gasteiger partial charge on any atom is 0.325 e. The molecule has 1 aromatic rings. The molecule has 0 spiro atoms. The highest BCUT2D eigenvalue weighted by Crippen LogP contribution is 2.19. The van der Waals surface area contributed by atoms with Gasteiger partial charge < -0.3 is 5.11 Å². The molecule has 1 heterocycles. The summed E-state index contributed by atoms with van der Waals surface area (Å²) in [7, 11) is 0. The van der Waals surface area contributed by atoms with Gasteiger partial charge in [-0.3, -0.25) is 15.2 Å². The van der Waals surface area contributed by atoms with Crippen LogP contribution in [0.5, 0.6) is 0 Å². The Morgan fingerprint density at radius 2 is 2.40 bits per heavy atom. The zero-order chi connectivity index (χ0) is 11.4. The maximum absolute atomic E-state index is 11.0. The zero-order valence-electron chi connectivity index (χ0n) is 8.66. The van der Waals surface area contributed by atoms with Gasteiger partial charge in [0, 0.05) is 11.3 Å². The van der Waals surface area contributed by atoms with E-state index in [0.717, 1.165) is 5.69 Å². The molecule has 0 saturated heterocycles. The smallest absolute Gasteiger partial charge is 0.325 e. The molecule has 1 unspecified atom stereocenters. The lowest BCUT2D eigenvalue weighted by Gasteiger charge is -2.12. The van der Waals surface area contributed by atoms with Gasteiger partial charge in [-0.15, -0.1) is 6.42 Å². The van der Waals surface area contributed by atoms with Crippen LogP contribution in [0.3, 0.4) is 0 Å². The van der Waals surface area contributed by atoms with Gasteiger partial charge in [-0.1, -0.05) is 5.92 Å². The van der Waals surface area contributed by atoms with Crippen molar-refractivity contribution in [3.8, 4) is 12.3 Å². The molecule has 0 saturated carbocycles. The second-order valence-corrected chi connectivity index (χ2v) is 3.20. The third-order valence-corrected chi connectivity index (χ3v) is 2.13. The molecule has 1 rings (SSSR count). The summed E-state index contributed by atoms with van der Waals surface area (Å²) in [6.45, 7) is 3.75. The Morgan fingerprint density at radius 1 is 1.73 bits per heavy atom. The van der Waals surface area contributed by atoms with Crippen molar-refractivity contribution in [3.63, 3.8) is 0 Å². The van der Waals surface area contributed by atoms with Crippen LogP contribution in [0.2, 0.25) is 0 Å². The molecule has 0 amide bonds. The SMILES string of the molecule is C#CCNC(C(=O)O)c1c(C)n[nH]c1C. The summed E-state index contributed by atoms with van der Waals surface area (Å²) >= 11 is 0. The van der Waals surface area contributed by atoms with Gasteiger partial charge in [0.1, 0.15) is 6.04 Å². The summed E-state index contributed by atoms with van der Waals surface area (Å²) in [4.78, 5) is 11.0. The minimum Gasteiger partial charge on any atom is -0.480 e. The van der Waals surface area contributed by atoms with Gasteiger partial charge in [0.05, 0.1) is 12.2 Å². The zero-order valence-corrected chi connectivity index (χ0v) is 8.66. The molecule has 15 heavy (non-hydrogen) atoms. The average molecular weight is 207 g/mol. The van der Waals surface area contributed by atoms with Crippen molar-refractivity contribution in [1.82, 2.24) is 15.5 Å². The first kappa shape index (κ1) is 11.3. The molecule has 0 radical (unpaired) electrons.